The van der Waals surface area contributed by atoms with Crippen LogP contribution < -0.4 is 11.1 Å². The monoisotopic (exact) mass is 337 g/mol. The summed E-state index contributed by atoms with van der Waals surface area (Å²) < 4.78 is 7.73. The molecule has 130 valence electrons. The molecule has 1 aromatic carbocycles. The summed E-state index contributed by atoms with van der Waals surface area (Å²) in [7, 11) is 0. The first-order valence-corrected chi connectivity index (χ1v) is 8.79. The van der Waals surface area contributed by atoms with Gasteiger partial charge in [-0.2, -0.15) is 4.98 Å². The maximum Gasteiger partial charge on any atom is 0.222 e. The van der Waals surface area contributed by atoms with E-state index < -0.39 is 0 Å². The van der Waals surface area contributed by atoms with Crippen molar-refractivity contribution in [2.75, 3.05) is 30.8 Å². The first kappa shape index (κ1) is 15.9. The molecule has 0 saturated carbocycles. The summed E-state index contributed by atoms with van der Waals surface area (Å²) in [6, 6.07) is 12.6. The van der Waals surface area contributed by atoms with Crippen LogP contribution in [-0.4, -0.2) is 34.3 Å². The van der Waals surface area contributed by atoms with Gasteiger partial charge in [0.15, 0.2) is 0 Å². The van der Waals surface area contributed by atoms with Crippen LogP contribution in [0.2, 0.25) is 0 Å². The van der Waals surface area contributed by atoms with Crippen molar-refractivity contribution in [1.29, 1.82) is 0 Å². The molecule has 6 nitrogen and oxygen atoms in total. The lowest BCUT2D eigenvalue weighted by molar-refractivity contribution is 0.193. The zero-order chi connectivity index (χ0) is 17.1. The standard InChI is InChI=1S/C19H23N5O/c20-19-22-16(15-7-11-25-13-15)12-18(23-19)21-8-3-9-24-10-6-14-4-1-2-5-17(14)24/h1-2,4-6,10,12,15H,3,7-9,11,13H2,(H3,20,21,22,23). The van der Waals surface area contributed by atoms with Gasteiger partial charge >= 0.3 is 0 Å². The van der Waals surface area contributed by atoms with Gasteiger partial charge in [0, 0.05) is 43.4 Å². The number of aromatic nitrogens is 3. The molecule has 2 aromatic heterocycles. The van der Waals surface area contributed by atoms with Crippen LogP contribution in [0.4, 0.5) is 11.8 Å². The second kappa shape index (κ2) is 7.11. The second-order valence-corrected chi connectivity index (χ2v) is 6.45. The van der Waals surface area contributed by atoms with Gasteiger partial charge in [-0.15, -0.1) is 0 Å². The fraction of sp³-hybridized carbons (Fsp3) is 0.368. The van der Waals surface area contributed by atoms with Crippen LogP contribution in [0.1, 0.15) is 24.5 Å². The van der Waals surface area contributed by atoms with Gasteiger partial charge in [0.1, 0.15) is 5.82 Å². The van der Waals surface area contributed by atoms with Crippen LogP contribution in [0.15, 0.2) is 42.6 Å². The summed E-state index contributed by atoms with van der Waals surface area (Å²) in [4.78, 5) is 8.66. The number of hydrogen-bond donors (Lipinski definition) is 2. The zero-order valence-corrected chi connectivity index (χ0v) is 14.2. The quantitative estimate of drug-likeness (QED) is 0.676. The molecule has 3 N–H and O–H groups in total. The zero-order valence-electron chi connectivity index (χ0n) is 14.2. The Labute approximate surface area is 147 Å². The Morgan fingerprint density at radius 1 is 1.24 bits per heavy atom. The number of nitrogen functional groups attached to an aromatic ring is 1. The Kier molecular flexibility index (Phi) is 4.52. The highest BCUT2D eigenvalue weighted by Gasteiger charge is 2.20. The number of anilines is 2. The molecule has 0 spiro atoms. The van der Waals surface area contributed by atoms with Crippen molar-refractivity contribution < 1.29 is 4.74 Å². The van der Waals surface area contributed by atoms with Crippen molar-refractivity contribution in [3.05, 3.63) is 48.3 Å². The SMILES string of the molecule is Nc1nc(NCCCn2ccc3ccccc32)cc(C2CCOC2)n1. The first-order chi connectivity index (χ1) is 12.3. The molecule has 1 aliphatic rings. The smallest absolute Gasteiger partial charge is 0.222 e. The van der Waals surface area contributed by atoms with Gasteiger partial charge in [-0.3, -0.25) is 0 Å². The summed E-state index contributed by atoms with van der Waals surface area (Å²) in [5, 5.41) is 4.65. The summed E-state index contributed by atoms with van der Waals surface area (Å²) >= 11 is 0. The van der Waals surface area contributed by atoms with E-state index in [-0.39, 0.29) is 0 Å². The lowest BCUT2D eigenvalue weighted by atomic mass is 10.0. The Morgan fingerprint density at radius 2 is 2.16 bits per heavy atom. The number of rotatable bonds is 6. The molecule has 0 amide bonds. The normalized spacial score (nSPS) is 17.2. The number of nitrogens with zero attached hydrogens (tertiary/aromatic N) is 3. The maximum atomic E-state index is 5.86. The second-order valence-electron chi connectivity index (χ2n) is 6.45. The largest absolute Gasteiger partial charge is 0.381 e. The minimum atomic E-state index is 0.323. The van der Waals surface area contributed by atoms with E-state index in [4.69, 9.17) is 10.5 Å². The van der Waals surface area contributed by atoms with Crippen molar-refractivity contribution in [1.82, 2.24) is 14.5 Å². The topological polar surface area (TPSA) is 78.0 Å². The number of hydrogen-bond acceptors (Lipinski definition) is 5. The summed E-state index contributed by atoms with van der Waals surface area (Å²) in [6.45, 7) is 3.31. The third-order valence-corrected chi connectivity index (χ3v) is 4.67. The third-order valence-electron chi connectivity index (χ3n) is 4.67. The molecule has 1 saturated heterocycles. The van der Waals surface area contributed by atoms with E-state index in [2.05, 4.69) is 56.4 Å². The van der Waals surface area contributed by atoms with Crippen molar-refractivity contribution in [2.45, 2.75) is 25.3 Å². The fourth-order valence-electron chi connectivity index (χ4n) is 3.35. The van der Waals surface area contributed by atoms with Crippen molar-refractivity contribution in [3.8, 4) is 0 Å². The molecule has 0 bridgehead atoms. The van der Waals surface area contributed by atoms with Gasteiger partial charge in [0.05, 0.1) is 12.3 Å². The van der Waals surface area contributed by atoms with Gasteiger partial charge in [0.2, 0.25) is 5.95 Å². The van der Waals surface area contributed by atoms with Crippen LogP contribution in [0.25, 0.3) is 10.9 Å². The van der Waals surface area contributed by atoms with E-state index in [0.717, 1.165) is 50.7 Å². The number of aryl methyl sites for hydroxylation is 1. The molecule has 25 heavy (non-hydrogen) atoms. The number of nitrogens with two attached hydrogens (primary N) is 1. The number of para-hydroxylation sites is 1. The van der Waals surface area contributed by atoms with E-state index in [1.165, 1.54) is 10.9 Å². The average molecular weight is 337 g/mol. The summed E-state index contributed by atoms with van der Waals surface area (Å²) in [6.07, 6.45) is 4.15. The Balaban J connectivity index is 1.35. The molecule has 4 rings (SSSR count). The van der Waals surface area contributed by atoms with Crippen molar-refractivity contribution >= 4 is 22.7 Å². The van der Waals surface area contributed by atoms with Crippen molar-refractivity contribution in [2.24, 2.45) is 0 Å². The molecule has 3 aromatic rings. The fourth-order valence-corrected chi connectivity index (χ4v) is 3.35. The Morgan fingerprint density at radius 3 is 3.04 bits per heavy atom. The number of fused-ring (bicyclic) bond motifs is 1. The summed E-state index contributed by atoms with van der Waals surface area (Å²) in [5.74, 6) is 1.45. The van der Waals surface area contributed by atoms with Crippen LogP contribution in [0, 0.1) is 0 Å². The molecule has 3 heterocycles. The van der Waals surface area contributed by atoms with Crippen molar-refractivity contribution in [3.63, 3.8) is 0 Å². The highest BCUT2D eigenvalue weighted by atomic mass is 16.5. The first-order valence-electron chi connectivity index (χ1n) is 8.79. The molecule has 1 unspecified atom stereocenters. The maximum absolute atomic E-state index is 5.86. The molecule has 0 radical (unpaired) electrons. The van der Waals surface area contributed by atoms with Crippen LogP contribution in [0.5, 0.6) is 0 Å². The third kappa shape index (κ3) is 3.58. The van der Waals surface area contributed by atoms with Gasteiger partial charge < -0.3 is 20.4 Å². The molecule has 1 atom stereocenters. The van der Waals surface area contributed by atoms with E-state index in [9.17, 15) is 0 Å². The minimum absolute atomic E-state index is 0.323. The minimum Gasteiger partial charge on any atom is -0.381 e. The molecular weight excluding hydrogens is 314 g/mol. The Bertz CT molecular complexity index is 854. The van der Waals surface area contributed by atoms with E-state index in [1.54, 1.807) is 0 Å². The predicted molar refractivity (Wildman–Crippen MR) is 99.7 cm³/mol. The molecule has 1 fully saturated rings. The highest BCUT2D eigenvalue weighted by Crippen LogP contribution is 2.25. The van der Waals surface area contributed by atoms with Crippen LogP contribution in [0.3, 0.4) is 0 Å². The number of nitrogens with one attached hydrogen (secondary N) is 1. The lowest BCUT2D eigenvalue weighted by Gasteiger charge is -2.12. The summed E-state index contributed by atoms with van der Waals surface area (Å²) in [5.41, 5.74) is 8.11. The van der Waals surface area contributed by atoms with Crippen LogP contribution in [-0.2, 0) is 11.3 Å². The van der Waals surface area contributed by atoms with Gasteiger partial charge in [-0.1, -0.05) is 18.2 Å². The van der Waals surface area contributed by atoms with Crippen LogP contribution >= 0.6 is 0 Å². The van der Waals surface area contributed by atoms with E-state index in [0.29, 0.717) is 11.9 Å². The average Bonchev–Trinajstić information content (AvgIpc) is 3.28. The molecule has 6 heteroatoms. The predicted octanol–water partition coefficient (Wildman–Crippen LogP) is 3.02. The molecular formula is C19H23N5O. The molecule has 0 aliphatic carbocycles. The van der Waals surface area contributed by atoms with E-state index in [1.807, 2.05) is 6.07 Å². The number of benzene rings is 1. The van der Waals surface area contributed by atoms with Gasteiger partial charge in [0.25, 0.3) is 0 Å². The lowest BCUT2D eigenvalue weighted by Crippen LogP contribution is -2.11. The highest BCUT2D eigenvalue weighted by molar-refractivity contribution is 5.79. The van der Waals surface area contributed by atoms with Gasteiger partial charge in [-0.25, -0.2) is 4.98 Å². The Hall–Kier alpha value is -2.60. The number of ether oxygens (including phenoxy) is 1. The molecule has 1 aliphatic heterocycles. The van der Waals surface area contributed by atoms with E-state index >= 15 is 0 Å². The van der Waals surface area contributed by atoms with Gasteiger partial charge in [-0.05, 0) is 30.4 Å².